The van der Waals surface area contributed by atoms with Crippen LogP contribution in [0, 0.1) is 10.1 Å². The quantitative estimate of drug-likeness (QED) is 0.546. The van der Waals surface area contributed by atoms with Gasteiger partial charge in [0.05, 0.1) is 24.1 Å². The van der Waals surface area contributed by atoms with Crippen molar-refractivity contribution in [3.05, 3.63) is 64.2 Å². The molecular formula is C19H22N2O5. The first-order chi connectivity index (χ1) is 12.5. The summed E-state index contributed by atoms with van der Waals surface area (Å²) in [4.78, 5) is 22.6. The van der Waals surface area contributed by atoms with E-state index in [9.17, 15) is 14.9 Å². The molecule has 1 amide bonds. The number of rotatable bonds is 9. The first-order valence-corrected chi connectivity index (χ1v) is 8.34. The van der Waals surface area contributed by atoms with E-state index in [-0.39, 0.29) is 30.0 Å². The first-order valence-electron chi connectivity index (χ1n) is 8.34. The van der Waals surface area contributed by atoms with Crippen LogP contribution in [0.4, 0.5) is 5.69 Å². The lowest BCUT2D eigenvalue weighted by atomic mass is 10.0. The number of amides is 1. The molecule has 2 aromatic carbocycles. The van der Waals surface area contributed by atoms with Crippen molar-refractivity contribution in [3.8, 4) is 11.5 Å². The summed E-state index contributed by atoms with van der Waals surface area (Å²) in [6.07, 6.45) is 1.72. The van der Waals surface area contributed by atoms with E-state index in [1.54, 1.807) is 0 Å². The Labute approximate surface area is 152 Å². The molecule has 0 unspecified atom stereocenters. The van der Waals surface area contributed by atoms with Crippen LogP contribution in [0.2, 0.25) is 0 Å². The van der Waals surface area contributed by atoms with Gasteiger partial charge in [-0.05, 0) is 18.1 Å². The first kappa shape index (κ1) is 19.2. The predicted octanol–water partition coefficient (Wildman–Crippen LogP) is 3.64. The summed E-state index contributed by atoms with van der Waals surface area (Å²) in [5, 5.41) is 13.8. The lowest BCUT2D eigenvalue weighted by Gasteiger charge is -2.19. The highest BCUT2D eigenvalue weighted by molar-refractivity contribution is 5.78. The van der Waals surface area contributed by atoms with Crippen molar-refractivity contribution >= 4 is 11.6 Å². The Balaban J connectivity index is 2.03. The number of ether oxygens (including phenoxy) is 2. The summed E-state index contributed by atoms with van der Waals surface area (Å²) >= 11 is 0. The number of hydrogen-bond donors (Lipinski definition) is 1. The summed E-state index contributed by atoms with van der Waals surface area (Å²) in [5.41, 5.74) is 0.894. The van der Waals surface area contributed by atoms with Crippen molar-refractivity contribution in [2.45, 2.75) is 25.8 Å². The number of carbonyl (C=O) groups is 1. The summed E-state index contributed by atoms with van der Waals surface area (Å²) in [6.45, 7) is 1.79. The van der Waals surface area contributed by atoms with Gasteiger partial charge in [0.15, 0.2) is 18.1 Å². The molecular weight excluding hydrogens is 336 g/mol. The number of methoxy groups -OCH3 is 1. The molecule has 7 nitrogen and oxygen atoms in total. The Hall–Kier alpha value is -3.09. The summed E-state index contributed by atoms with van der Waals surface area (Å²) in [5.74, 6) is 0.182. The maximum atomic E-state index is 12.3. The van der Waals surface area contributed by atoms with Gasteiger partial charge in [0, 0.05) is 6.07 Å². The summed E-state index contributed by atoms with van der Waals surface area (Å²) in [7, 11) is 1.43. The van der Waals surface area contributed by atoms with Gasteiger partial charge in [-0.2, -0.15) is 0 Å². The average Bonchev–Trinajstić information content (AvgIpc) is 2.66. The molecule has 0 aromatic heterocycles. The summed E-state index contributed by atoms with van der Waals surface area (Å²) in [6, 6.07) is 13.6. The molecule has 2 rings (SSSR count). The van der Waals surface area contributed by atoms with Crippen molar-refractivity contribution in [2.75, 3.05) is 13.7 Å². The van der Waals surface area contributed by atoms with Gasteiger partial charge in [-0.1, -0.05) is 43.7 Å². The number of non-ortho nitro benzene ring substituents is 1. The number of nitro groups is 1. The van der Waals surface area contributed by atoms with Gasteiger partial charge >= 0.3 is 0 Å². The van der Waals surface area contributed by atoms with Gasteiger partial charge in [0.25, 0.3) is 11.6 Å². The molecule has 0 bridgehead atoms. The Morgan fingerprint density at radius 2 is 1.92 bits per heavy atom. The topological polar surface area (TPSA) is 90.7 Å². The zero-order valence-electron chi connectivity index (χ0n) is 14.8. The highest BCUT2D eigenvalue weighted by atomic mass is 16.6. The molecule has 0 aliphatic heterocycles. The second kappa shape index (κ2) is 9.41. The third-order valence-corrected chi connectivity index (χ3v) is 3.83. The highest BCUT2D eigenvalue weighted by Gasteiger charge is 2.16. The van der Waals surface area contributed by atoms with Crippen molar-refractivity contribution < 1.29 is 19.2 Å². The maximum Gasteiger partial charge on any atom is 0.273 e. The summed E-state index contributed by atoms with van der Waals surface area (Å²) < 4.78 is 10.6. The Kier molecular flexibility index (Phi) is 6.96. The molecule has 0 fully saturated rings. The van der Waals surface area contributed by atoms with E-state index in [1.165, 1.54) is 25.3 Å². The van der Waals surface area contributed by atoms with E-state index in [2.05, 4.69) is 5.32 Å². The fourth-order valence-electron chi connectivity index (χ4n) is 2.57. The van der Waals surface area contributed by atoms with Crippen molar-refractivity contribution in [2.24, 2.45) is 0 Å². The van der Waals surface area contributed by atoms with Gasteiger partial charge in [-0.15, -0.1) is 0 Å². The van der Waals surface area contributed by atoms with Crippen LogP contribution in [0.1, 0.15) is 31.4 Å². The Morgan fingerprint density at radius 3 is 2.54 bits per heavy atom. The van der Waals surface area contributed by atoms with Crippen LogP contribution < -0.4 is 14.8 Å². The van der Waals surface area contributed by atoms with E-state index >= 15 is 0 Å². The molecule has 26 heavy (non-hydrogen) atoms. The fraction of sp³-hybridized carbons (Fsp3) is 0.316. The zero-order valence-corrected chi connectivity index (χ0v) is 14.8. The Morgan fingerprint density at radius 1 is 1.19 bits per heavy atom. The monoisotopic (exact) mass is 358 g/mol. The standard InChI is InChI=1S/C19H22N2O5/c1-3-7-16(14-8-5-4-6-9-14)20-19(22)13-26-18-12-15(21(23)24)10-11-17(18)25-2/h4-6,8-12,16H,3,7,13H2,1-2H3,(H,20,22)/t16-/m1/s1. The largest absolute Gasteiger partial charge is 0.493 e. The minimum Gasteiger partial charge on any atom is -0.493 e. The number of nitrogens with zero attached hydrogens (tertiary/aromatic N) is 1. The molecule has 0 aliphatic carbocycles. The normalized spacial score (nSPS) is 11.5. The minimum absolute atomic E-state index is 0.107. The molecule has 0 saturated heterocycles. The second-order valence-electron chi connectivity index (χ2n) is 5.70. The molecule has 1 N–H and O–H groups in total. The molecule has 0 spiro atoms. The van der Waals surface area contributed by atoms with E-state index in [0.717, 1.165) is 18.4 Å². The van der Waals surface area contributed by atoms with Crippen LogP contribution in [0.15, 0.2) is 48.5 Å². The molecule has 7 heteroatoms. The number of nitrogens with one attached hydrogen (secondary N) is 1. The average molecular weight is 358 g/mol. The second-order valence-corrected chi connectivity index (χ2v) is 5.70. The van der Waals surface area contributed by atoms with Crippen LogP contribution in [0.3, 0.4) is 0 Å². The SMILES string of the molecule is CCC[C@@H](NC(=O)COc1cc([N+](=O)[O-])ccc1OC)c1ccccc1. The van der Waals surface area contributed by atoms with E-state index in [0.29, 0.717) is 5.75 Å². The molecule has 0 aliphatic rings. The fourth-order valence-corrected chi connectivity index (χ4v) is 2.57. The van der Waals surface area contributed by atoms with Gasteiger partial charge in [0.2, 0.25) is 0 Å². The molecule has 0 heterocycles. The van der Waals surface area contributed by atoms with E-state index in [4.69, 9.17) is 9.47 Å². The Bertz CT molecular complexity index is 749. The van der Waals surface area contributed by atoms with Crippen LogP contribution in [0.25, 0.3) is 0 Å². The number of benzene rings is 2. The maximum absolute atomic E-state index is 12.3. The van der Waals surface area contributed by atoms with Gasteiger partial charge in [0.1, 0.15) is 0 Å². The molecule has 2 aromatic rings. The van der Waals surface area contributed by atoms with E-state index in [1.807, 2.05) is 37.3 Å². The number of carbonyl (C=O) groups excluding carboxylic acids is 1. The van der Waals surface area contributed by atoms with Crippen LogP contribution in [0.5, 0.6) is 11.5 Å². The smallest absolute Gasteiger partial charge is 0.273 e. The third-order valence-electron chi connectivity index (χ3n) is 3.83. The number of nitro benzene ring substituents is 1. The molecule has 1 atom stereocenters. The van der Waals surface area contributed by atoms with Gasteiger partial charge < -0.3 is 14.8 Å². The molecule has 0 radical (unpaired) electrons. The van der Waals surface area contributed by atoms with Gasteiger partial charge in [-0.3, -0.25) is 14.9 Å². The van der Waals surface area contributed by atoms with Gasteiger partial charge in [-0.25, -0.2) is 0 Å². The van der Waals surface area contributed by atoms with Crippen LogP contribution in [-0.4, -0.2) is 24.5 Å². The van der Waals surface area contributed by atoms with E-state index < -0.39 is 4.92 Å². The lowest BCUT2D eigenvalue weighted by molar-refractivity contribution is -0.385. The minimum atomic E-state index is -0.529. The number of hydrogen-bond acceptors (Lipinski definition) is 5. The van der Waals surface area contributed by atoms with Crippen LogP contribution in [-0.2, 0) is 4.79 Å². The molecule has 0 saturated carbocycles. The van der Waals surface area contributed by atoms with Crippen molar-refractivity contribution in [3.63, 3.8) is 0 Å². The highest BCUT2D eigenvalue weighted by Crippen LogP contribution is 2.31. The van der Waals surface area contributed by atoms with Crippen molar-refractivity contribution in [1.82, 2.24) is 5.32 Å². The molecule has 138 valence electrons. The predicted molar refractivity (Wildman–Crippen MR) is 97.4 cm³/mol. The third kappa shape index (κ3) is 5.20. The zero-order chi connectivity index (χ0) is 18.9. The van der Waals surface area contributed by atoms with Crippen molar-refractivity contribution in [1.29, 1.82) is 0 Å². The lowest BCUT2D eigenvalue weighted by Crippen LogP contribution is -2.32. The van der Waals surface area contributed by atoms with Crippen LogP contribution >= 0.6 is 0 Å².